The Labute approximate surface area is 116 Å². The normalized spacial score (nSPS) is 21.6. The predicted octanol–water partition coefficient (Wildman–Crippen LogP) is 1.19. The summed E-state index contributed by atoms with van der Waals surface area (Å²) in [5.74, 6) is -1.76. The molecule has 0 saturated carbocycles. The zero-order valence-corrected chi connectivity index (χ0v) is 11.6. The highest BCUT2D eigenvalue weighted by Crippen LogP contribution is 2.14. The third-order valence-electron chi connectivity index (χ3n) is 3.32. The van der Waals surface area contributed by atoms with Gasteiger partial charge in [-0.3, -0.25) is 0 Å². The summed E-state index contributed by atoms with van der Waals surface area (Å²) in [5.41, 5.74) is 0.226. The second-order valence-electron chi connectivity index (χ2n) is 4.95. The van der Waals surface area contributed by atoms with Crippen LogP contribution >= 0.6 is 0 Å². The SMILES string of the molecule is O=C(O)c1ccc(CNC2CCCS(=O)(=O)C2)cc1F. The Morgan fingerprint density at radius 3 is 2.80 bits per heavy atom. The van der Waals surface area contributed by atoms with Crippen LogP contribution in [0.25, 0.3) is 0 Å². The monoisotopic (exact) mass is 301 g/mol. The van der Waals surface area contributed by atoms with Crippen molar-refractivity contribution in [2.45, 2.75) is 25.4 Å². The minimum absolute atomic E-state index is 0.0999. The molecule has 1 aromatic rings. The summed E-state index contributed by atoms with van der Waals surface area (Å²) in [5, 5.41) is 11.8. The Bertz CT molecular complexity index is 615. The summed E-state index contributed by atoms with van der Waals surface area (Å²) in [7, 11) is -2.98. The Hall–Kier alpha value is -1.47. The number of carbonyl (C=O) groups is 1. The van der Waals surface area contributed by atoms with Gasteiger partial charge in [0, 0.05) is 12.6 Å². The van der Waals surface area contributed by atoms with Gasteiger partial charge in [-0.1, -0.05) is 6.07 Å². The van der Waals surface area contributed by atoms with Gasteiger partial charge in [0.25, 0.3) is 0 Å². The molecule has 1 aromatic carbocycles. The lowest BCUT2D eigenvalue weighted by molar-refractivity contribution is 0.0692. The van der Waals surface area contributed by atoms with Crippen molar-refractivity contribution >= 4 is 15.8 Å². The number of halogens is 1. The van der Waals surface area contributed by atoms with Gasteiger partial charge in [-0.25, -0.2) is 17.6 Å². The second kappa shape index (κ2) is 5.88. The number of benzene rings is 1. The lowest BCUT2D eigenvalue weighted by atomic mass is 10.1. The minimum Gasteiger partial charge on any atom is -0.478 e. The molecule has 1 heterocycles. The molecular weight excluding hydrogens is 285 g/mol. The van der Waals surface area contributed by atoms with Gasteiger partial charge in [0.1, 0.15) is 5.82 Å². The average Bonchev–Trinajstić information content (AvgIpc) is 2.35. The molecule has 0 bridgehead atoms. The number of carboxylic acid groups (broad SMARTS) is 1. The number of rotatable bonds is 4. The van der Waals surface area contributed by atoms with Gasteiger partial charge in [0.05, 0.1) is 17.1 Å². The maximum Gasteiger partial charge on any atom is 0.338 e. The van der Waals surface area contributed by atoms with Crippen molar-refractivity contribution in [2.24, 2.45) is 0 Å². The average molecular weight is 301 g/mol. The lowest BCUT2D eigenvalue weighted by Crippen LogP contribution is -2.39. The molecule has 7 heteroatoms. The molecule has 1 saturated heterocycles. The summed E-state index contributed by atoms with van der Waals surface area (Å²) in [6.07, 6.45) is 1.40. The number of nitrogens with one attached hydrogen (secondary N) is 1. The third-order valence-corrected chi connectivity index (χ3v) is 5.14. The molecule has 110 valence electrons. The molecule has 2 rings (SSSR count). The van der Waals surface area contributed by atoms with Gasteiger partial charge in [-0.05, 0) is 30.5 Å². The van der Waals surface area contributed by atoms with Gasteiger partial charge in [-0.15, -0.1) is 0 Å². The van der Waals surface area contributed by atoms with E-state index in [2.05, 4.69) is 5.32 Å². The Balaban J connectivity index is 1.97. The molecule has 0 amide bonds. The standard InChI is InChI=1S/C13H16FNO4S/c14-12-6-9(3-4-11(12)13(16)17)7-15-10-2-1-5-20(18,19)8-10/h3-4,6,10,15H,1-2,5,7-8H2,(H,16,17). The number of hydrogen-bond acceptors (Lipinski definition) is 4. The van der Waals surface area contributed by atoms with Crippen LogP contribution in [-0.2, 0) is 16.4 Å². The van der Waals surface area contributed by atoms with Gasteiger partial charge >= 0.3 is 5.97 Å². The second-order valence-corrected chi connectivity index (χ2v) is 7.18. The number of aromatic carboxylic acids is 1. The molecule has 0 aromatic heterocycles. The first-order chi connectivity index (χ1) is 9.37. The van der Waals surface area contributed by atoms with Crippen LogP contribution in [-0.4, -0.2) is 37.0 Å². The fraction of sp³-hybridized carbons (Fsp3) is 0.462. The molecule has 0 radical (unpaired) electrons. The molecule has 1 atom stereocenters. The minimum atomic E-state index is -2.98. The molecular formula is C13H16FNO4S. The van der Waals surface area contributed by atoms with Crippen LogP contribution < -0.4 is 5.32 Å². The first-order valence-electron chi connectivity index (χ1n) is 6.33. The number of hydrogen-bond donors (Lipinski definition) is 2. The highest BCUT2D eigenvalue weighted by atomic mass is 32.2. The first kappa shape index (κ1) is 14.9. The van der Waals surface area contributed by atoms with E-state index >= 15 is 0 Å². The van der Waals surface area contributed by atoms with Crippen LogP contribution in [0.2, 0.25) is 0 Å². The smallest absolute Gasteiger partial charge is 0.338 e. The van der Waals surface area contributed by atoms with Crippen molar-refractivity contribution in [2.75, 3.05) is 11.5 Å². The van der Waals surface area contributed by atoms with Gasteiger partial charge in [0.15, 0.2) is 9.84 Å². The van der Waals surface area contributed by atoms with Gasteiger partial charge in [-0.2, -0.15) is 0 Å². The molecule has 1 fully saturated rings. The van der Waals surface area contributed by atoms with Gasteiger partial charge in [0.2, 0.25) is 0 Å². The zero-order valence-electron chi connectivity index (χ0n) is 10.8. The maximum absolute atomic E-state index is 13.5. The number of carboxylic acids is 1. The quantitative estimate of drug-likeness (QED) is 0.873. The lowest BCUT2D eigenvalue weighted by Gasteiger charge is -2.23. The Morgan fingerprint density at radius 2 is 2.20 bits per heavy atom. The van der Waals surface area contributed by atoms with Crippen molar-refractivity contribution in [3.8, 4) is 0 Å². The van der Waals surface area contributed by atoms with E-state index in [0.717, 1.165) is 12.5 Å². The maximum atomic E-state index is 13.5. The summed E-state index contributed by atoms with van der Waals surface area (Å²) in [6, 6.07) is 3.77. The molecule has 20 heavy (non-hydrogen) atoms. The largest absolute Gasteiger partial charge is 0.478 e. The van der Waals surface area contributed by atoms with E-state index in [-0.39, 0.29) is 23.1 Å². The Morgan fingerprint density at radius 1 is 1.45 bits per heavy atom. The highest BCUT2D eigenvalue weighted by Gasteiger charge is 2.24. The van der Waals surface area contributed by atoms with E-state index < -0.39 is 21.6 Å². The predicted molar refractivity (Wildman–Crippen MR) is 71.9 cm³/mol. The summed E-state index contributed by atoms with van der Waals surface area (Å²) >= 11 is 0. The van der Waals surface area contributed by atoms with Crippen molar-refractivity contribution in [3.05, 3.63) is 35.1 Å². The number of sulfone groups is 1. The van der Waals surface area contributed by atoms with E-state index in [0.29, 0.717) is 18.5 Å². The van der Waals surface area contributed by atoms with E-state index in [9.17, 15) is 17.6 Å². The first-order valence-corrected chi connectivity index (χ1v) is 8.15. The fourth-order valence-electron chi connectivity index (χ4n) is 2.29. The summed E-state index contributed by atoms with van der Waals surface area (Å²) in [6.45, 7) is 0.316. The van der Waals surface area contributed by atoms with Crippen LogP contribution in [0.4, 0.5) is 4.39 Å². The van der Waals surface area contributed by atoms with Crippen LogP contribution in [0.15, 0.2) is 18.2 Å². The molecule has 2 N–H and O–H groups in total. The van der Waals surface area contributed by atoms with E-state index in [1.54, 1.807) is 0 Å². The van der Waals surface area contributed by atoms with E-state index in [4.69, 9.17) is 5.11 Å². The molecule has 1 aliphatic rings. The van der Waals surface area contributed by atoms with E-state index in [1.807, 2.05) is 0 Å². The summed E-state index contributed by atoms with van der Waals surface area (Å²) < 4.78 is 36.4. The van der Waals surface area contributed by atoms with Crippen molar-refractivity contribution in [1.29, 1.82) is 0 Å². The molecule has 5 nitrogen and oxygen atoms in total. The molecule has 0 spiro atoms. The van der Waals surface area contributed by atoms with Crippen molar-refractivity contribution in [1.82, 2.24) is 5.32 Å². The topological polar surface area (TPSA) is 83.5 Å². The van der Waals surface area contributed by atoms with Crippen LogP contribution in [0.3, 0.4) is 0 Å². The van der Waals surface area contributed by atoms with Crippen molar-refractivity contribution in [3.63, 3.8) is 0 Å². The van der Waals surface area contributed by atoms with Gasteiger partial charge < -0.3 is 10.4 Å². The van der Waals surface area contributed by atoms with Crippen molar-refractivity contribution < 1.29 is 22.7 Å². The van der Waals surface area contributed by atoms with Crippen LogP contribution in [0, 0.1) is 5.82 Å². The fourth-order valence-corrected chi connectivity index (χ4v) is 3.96. The highest BCUT2D eigenvalue weighted by molar-refractivity contribution is 7.91. The van der Waals surface area contributed by atoms with Crippen LogP contribution in [0.1, 0.15) is 28.8 Å². The molecule has 1 aliphatic heterocycles. The third kappa shape index (κ3) is 3.77. The molecule has 1 unspecified atom stereocenters. The zero-order chi connectivity index (χ0) is 14.8. The van der Waals surface area contributed by atoms with E-state index in [1.165, 1.54) is 12.1 Å². The molecule has 0 aliphatic carbocycles. The van der Waals surface area contributed by atoms with Crippen LogP contribution in [0.5, 0.6) is 0 Å². The Kier molecular flexibility index (Phi) is 4.39. The summed E-state index contributed by atoms with van der Waals surface area (Å²) in [4.78, 5) is 10.7.